The highest BCUT2D eigenvalue weighted by Crippen LogP contribution is 2.31. The fourth-order valence-electron chi connectivity index (χ4n) is 3.86. The lowest BCUT2D eigenvalue weighted by Crippen LogP contribution is -2.40. The molecule has 0 atom stereocenters. The Balaban J connectivity index is 1.78. The van der Waals surface area contributed by atoms with E-state index in [2.05, 4.69) is 54.5 Å². The Hall–Kier alpha value is -2.42. The molecule has 3 rings (SSSR count). The van der Waals surface area contributed by atoms with Gasteiger partial charge in [-0.3, -0.25) is 9.79 Å². The minimum atomic E-state index is -0.0253. The molecule has 0 spiro atoms. The van der Waals surface area contributed by atoms with E-state index in [4.69, 9.17) is 0 Å². The summed E-state index contributed by atoms with van der Waals surface area (Å²) in [6.07, 6.45) is 2.94. The molecule has 0 bridgehead atoms. The molecule has 1 heterocycles. The van der Waals surface area contributed by atoms with Gasteiger partial charge in [0.15, 0.2) is 0 Å². The molecule has 0 fully saturated rings. The average molecular weight is 348 g/mol. The zero-order chi connectivity index (χ0) is 18.6. The second-order valence-corrected chi connectivity index (χ2v) is 7.13. The van der Waals surface area contributed by atoms with Crippen LogP contribution in [0, 0.1) is 0 Å². The summed E-state index contributed by atoms with van der Waals surface area (Å²) in [6.45, 7) is 7.90. The van der Waals surface area contributed by atoms with Crippen LogP contribution in [0.1, 0.15) is 60.7 Å². The van der Waals surface area contributed by atoms with Gasteiger partial charge in [-0.1, -0.05) is 50.2 Å². The first kappa shape index (κ1) is 18.4. The molecule has 1 aliphatic rings. The molecule has 3 nitrogen and oxygen atoms in total. The highest BCUT2D eigenvalue weighted by Gasteiger charge is 2.29. The van der Waals surface area contributed by atoms with Crippen molar-refractivity contribution in [1.82, 2.24) is 5.32 Å². The van der Waals surface area contributed by atoms with Crippen LogP contribution in [-0.4, -0.2) is 24.7 Å². The van der Waals surface area contributed by atoms with E-state index in [1.807, 2.05) is 25.1 Å². The first-order valence-corrected chi connectivity index (χ1v) is 9.57. The summed E-state index contributed by atoms with van der Waals surface area (Å²) in [7, 11) is 0. The topological polar surface area (TPSA) is 41.5 Å². The number of rotatable bonds is 6. The van der Waals surface area contributed by atoms with Crippen LogP contribution in [0.4, 0.5) is 0 Å². The van der Waals surface area contributed by atoms with Crippen LogP contribution >= 0.6 is 0 Å². The Bertz CT molecular complexity index is 804. The number of aliphatic imine (C=N–C) groups is 1. The normalized spacial score (nSPS) is 13.7. The largest absolute Gasteiger partial charge is 0.351 e. The lowest BCUT2D eigenvalue weighted by atomic mass is 9.75. The first-order chi connectivity index (χ1) is 12.6. The fourth-order valence-corrected chi connectivity index (χ4v) is 3.86. The summed E-state index contributed by atoms with van der Waals surface area (Å²) in [5, 5.41) is 3.18. The third-order valence-corrected chi connectivity index (χ3v) is 5.82. The summed E-state index contributed by atoms with van der Waals surface area (Å²) in [4.78, 5) is 17.3. The molecule has 0 saturated heterocycles. The van der Waals surface area contributed by atoms with Crippen LogP contribution in [0.3, 0.4) is 0 Å². The average Bonchev–Trinajstić information content (AvgIpc) is 2.70. The molecular weight excluding hydrogens is 320 g/mol. The summed E-state index contributed by atoms with van der Waals surface area (Å²) in [6, 6.07) is 16.5. The van der Waals surface area contributed by atoms with Crippen molar-refractivity contribution in [3.05, 3.63) is 70.8 Å². The quantitative estimate of drug-likeness (QED) is 0.818. The summed E-state index contributed by atoms with van der Waals surface area (Å²) >= 11 is 0. The lowest BCUT2D eigenvalue weighted by molar-refractivity contribution is 0.0941. The second kappa shape index (κ2) is 7.86. The van der Waals surface area contributed by atoms with E-state index in [-0.39, 0.29) is 11.3 Å². The maximum absolute atomic E-state index is 12.8. The third-order valence-electron chi connectivity index (χ3n) is 5.82. The Morgan fingerprint density at radius 2 is 1.85 bits per heavy atom. The molecule has 1 aliphatic heterocycles. The molecular formula is C23H28N2O. The number of amides is 1. The van der Waals surface area contributed by atoms with E-state index >= 15 is 0 Å². The lowest BCUT2D eigenvalue weighted by Gasteiger charge is -2.32. The van der Waals surface area contributed by atoms with Gasteiger partial charge in [0.2, 0.25) is 0 Å². The maximum atomic E-state index is 12.8. The molecule has 0 radical (unpaired) electrons. The number of carbonyl (C=O) groups excluding carboxylic acids is 1. The van der Waals surface area contributed by atoms with Crippen LogP contribution in [0.2, 0.25) is 0 Å². The van der Waals surface area contributed by atoms with Crippen molar-refractivity contribution in [3.8, 4) is 0 Å². The van der Waals surface area contributed by atoms with Crippen molar-refractivity contribution in [2.24, 2.45) is 4.99 Å². The van der Waals surface area contributed by atoms with Gasteiger partial charge < -0.3 is 5.32 Å². The fraction of sp³-hybridized carbons (Fsp3) is 0.391. The van der Waals surface area contributed by atoms with Gasteiger partial charge in [0.25, 0.3) is 5.91 Å². The number of fused-ring (bicyclic) bond motifs is 1. The van der Waals surface area contributed by atoms with E-state index in [1.54, 1.807) is 0 Å². The van der Waals surface area contributed by atoms with Crippen LogP contribution < -0.4 is 5.32 Å². The number of hydrogen-bond donors (Lipinski definition) is 1. The Morgan fingerprint density at radius 1 is 1.12 bits per heavy atom. The predicted octanol–water partition coefficient (Wildman–Crippen LogP) is 4.54. The standard InChI is InChI=1S/C23H28N2O/c1-4-23(5-2,20-9-7-6-8-10-20)16-25-22(26)19-12-11-18-13-14-24-17(3)21(18)15-19/h6-12,15H,4-5,13-14,16H2,1-3H3,(H,25,26). The van der Waals surface area contributed by atoms with E-state index in [0.717, 1.165) is 42.6 Å². The van der Waals surface area contributed by atoms with E-state index in [1.165, 1.54) is 11.1 Å². The zero-order valence-electron chi connectivity index (χ0n) is 16.0. The van der Waals surface area contributed by atoms with Crippen LogP contribution in [0.5, 0.6) is 0 Å². The highest BCUT2D eigenvalue weighted by molar-refractivity contribution is 6.03. The molecule has 26 heavy (non-hydrogen) atoms. The third kappa shape index (κ3) is 3.57. The summed E-state index contributed by atoms with van der Waals surface area (Å²) in [5.41, 5.74) is 5.41. The molecule has 0 aromatic heterocycles. The minimum absolute atomic E-state index is 0.00613. The Morgan fingerprint density at radius 3 is 2.54 bits per heavy atom. The van der Waals surface area contributed by atoms with Crippen molar-refractivity contribution in [3.63, 3.8) is 0 Å². The molecule has 136 valence electrons. The Kier molecular flexibility index (Phi) is 5.55. The molecule has 2 aromatic rings. The maximum Gasteiger partial charge on any atom is 0.251 e. The molecule has 3 heteroatoms. The van der Waals surface area contributed by atoms with Crippen LogP contribution in [0.25, 0.3) is 0 Å². The van der Waals surface area contributed by atoms with Gasteiger partial charge in [0.1, 0.15) is 0 Å². The van der Waals surface area contributed by atoms with Gasteiger partial charge in [0, 0.05) is 29.8 Å². The number of hydrogen-bond acceptors (Lipinski definition) is 2. The molecule has 0 aliphatic carbocycles. The van der Waals surface area contributed by atoms with Gasteiger partial charge in [-0.05, 0) is 55.0 Å². The van der Waals surface area contributed by atoms with E-state index in [0.29, 0.717) is 6.54 Å². The van der Waals surface area contributed by atoms with Crippen LogP contribution in [0.15, 0.2) is 53.5 Å². The van der Waals surface area contributed by atoms with E-state index in [9.17, 15) is 4.79 Å². The minimum Gasteiger partial charge on any atom is -0.351 e. The smallest absolute Gasteiger partial charge is 0.251 e. The predicted molar refractivity (Wildman–Crippen MR) is 108 cm³/mol. The van der Waals surface area contributed by atoms with Crippen molar-refractivity contribution >= 4 is 11.6 Å². The highest BCUT2D eigenvalue weighted by atomic mass is 16.1. The number of nitrogens with one attached hydrogen (secondary N) is 1. The van der Waals surface area contributed by atoms with Crippen LogP contribution in [-0.2, 0) is 11.8 Å². The van der Waals surface area contributed by atoms with Gasteiger partial charge in [-0.2, -0.15) is 0 Å². The zero-order valence-corrected chi connectivity index (χ0v) is 16.0. The molecule has 0 unspecified atom stereocenters. The first-order valence-electron chi connectivity index (χ1n) is 9.57. The van der Waals surface area contributed by atoms with Crippen molar-refractivity contribution < 1.29 is 4.79 Å². The monoisotopic (exact) mass is 348 g/mol. The molecule has 1 N–H and O–H groups in total. The molecule has 1 amide bonds. The van der Waals surface area contributed by atoms with Gasteiger partial charge in [0.05, 0.1) is 0 Å². The number of benzene rings is 2. The summed E-state index contributed by atoms with van der Waals surface area (Å²) < 4.78 is 0. The van der Waals surface area contributed by atoms with Crippen molar-refractivity contribution in [2.75, 3.05) is 13.1 Å². The van der Waals surface area contributed by atoms with E-state index < -0.39 is 0 Å². The molecule has 0 saturated carbocycles. The van der Waals surface area contributed by atoms with Crippen molar-refractivity contribution in [2.45, 2.75) is 45.4 Å². The summed E-state index contributed by atoms with van der Waals surface area (Å²) in [5.74, 6) is -0.00613. The molecule has 2 aromatic carbocycles. The SMILES string of the molecule is CCC(CC)(CNC(=O)c1ccc2c(c1)C(C)=NCC2)c1ccccc1. The van der Waals surface area contributed by atoms with Gasteiger partial charge in [-0.15, -0.1) is 0 Å². The number of carbonyl (C=O) groups is 1. The Labute approximate surface area is 156 Å². The number of nitrogens with zero attached hydrogens (tertiary/aromatic N) is 1. The van der Waals surface area contributed by atoms with Crippen molar-refractivity contribution in [1.29, 1.82) is 0 Å². The van der Waals surface area contributed by atoms with Gasteiger partial charge in [-0.25, -0.2) is 0 Å². The second-order valence-electron chi connectivity index (χ2n) is 7.13. The van der Waals surface area contributed by atoms with Gasteiger partial charge >= 0.3 is 0 Å².